The molecule has 1 aromatic rings. The van der Waals surface area contributed by atoms with Gasteiger partial charge in [-0.3, -0.25) is 14.9 Å². The fourth-order valence-electron chi connectivity index (χ4n) is 1.44. The Bertz CT molecular complexity index is 463. The summed E-state index contributed by atoms with van der Waals surface area (Å²) in [5.41, 5.74) is -1.91. The summed E-state index contributed by atoms with van der Waals surface area (Å²) in [7, 11) is 0. The van der Waals surface area contributed by atoms with Crippen molar-refractivity contribution in [2.45, 2.75) is 12.0 Å². The van der Waals surface area contributed by atoms with E-state index in [4.69, 9.17) is 5.11 Å². The molecule has 0 aliphatic rings. The molecule has 0 unspecified atom stereocenters. The van der Waals surface area contributed by atoms with Gasteiger partial charge in [-0.25, -0.2) is 4.79 Å². The predicted molar refractivity (Wildman–Crippen MR) is 69.2 cm³/mol. The van der Waals surface area contributed by atoms with E-state index in [9.17, 15) is 18.8 Å². The summed E-state index contributed by atoms with van der Waals surface area (Å²) < 4.78 is 12.2. The zero-order valence-corrected chi connectivity index (χ0v) is 11.2. The van der Waals surface area contributed by atoms with Gasteiger partial charge in [-0.15, -0.1) is 0 Å². The predicted octanol–water partition coefficient (Wildman–Crippen LogP) is 1.69. The Kier molecular flexibility index (Phi) is 4.76. The maximum Gasteiger partial charge on any atom is 0.405 e. The molecule has 0 heterocycles. The lowest BCUT2D eigenvalue weighted by atomic mass is 9.93. The van der Waals surface area contributed by atoms with Gasteiger partial charge >= 0.3 is 12.1 Å². The summed E-state index contributed by atoms with van der Waals surface area (Å²) in [6.07, 6.45) is -2.00. The van der Waals surface area contributed by atoms with Crippen molar-refractivity contribution >= 4 is 38.5 Å². The van der Waals surface area contributed by atoms with Crippen LogP contribution in [0.1, 0.15) is 5.56 Å². The summed E-state index contributed by atoms with van der Waals surface area (Å²) in [4.78, 5) is 33.1. The van der Waals surface area contributed by atoms with E-state index in [0.29, 0.717) is 5.56 Å². The van der Waals surface area contributed by atoms with Crippen molar-refractivity contribution in [3.05, 3.63) is 35.9 Å². The molecule has 0 aliphatic carbocycles. The van der Waals surface area contributed by atoms with E-state index in [2.05, 4.69) is 0 Å². The molecule has 2 N–H and O–H groups in total. The largest absolute Gasteiger partial charge is 0.465 e. The fourth-order valence-corrected chi connectivity index (χ4v) is 1.98. The number of carboxylic acid groups (broad SMARTS) is 1. The van der Waals surface area contributed by atoms with Gasteiger partial charge in [-0.1, -0.05) is 30.3 Å². The first-order valence-electron chi connectivity index (χ1n) is 4.83. The Morgan fingerprint density at radius 2 is 1.83 bits per heavy atom. The van der Waals surface area contributed by atoms with Crippen LogP contribution in [0.25, 0.3) is 0 Å². The summed E-state index contributed by atoms with van der Waals surface area (Å²) >= 11 is 1.21. The van der Waals surface area contributed by atoms with Gasteiger partial charge in [0.1, 0.15) is 0 Å². The standard InChI is InChI=1S/C11H9FINO4/c12-8(15)11(9(13)16,14-10(17)18)6-7-4-2-1-3-5-7/h1-5,14H,6H2,(H,17,18)/t11-/m1/s1. The Hall–Kier alpha value is -1.51. The summed E-state index contributed by atoms with van der Waals surface area (Å²) in [6, 6.07) is 6.11. The van der Waals surface area contributed by atoms with Crippen molar-refractivity contribution in [2.24, 2.45) is 0 Å². The van der Waals surface area contributed by atoms with E-state index in [0.717, 1.165) is 0 Å². The highest BCUT2D eigenvalue weighted by Crippen LogP contribution is 2.20. The SMILES string of the molecule is O=C(O)N[C@](Cc1ccccc1)(C(=O)F)C(=O)I. The van der Waals surface area contributed by atoms with Crippen LogP contribution in [0.2, 0.25) is 0 Å². The van der Waals surface area contributed by atoms with E-state index < -0.39 is 21.5 Å². The molecule has 5 nitrogen and oxygen atoms in total. The molecule has 0 saturated heterocycles. The molecule has 0 radical (unpaired) electrons. The molecular weight excluding hydrogens is 356 g/mol. The minimum atomic E-state index is -2.38. The Morgan fingerprint density at radius 3 is 2.22 bits per heavy atom. The minimum absolute atomic E-state index is 0.364. The smallest absolute Gasteiger partial charge is 0.405 e. The molecule has 1 atom stereocenters. The van der Waals surface area contributed by atoms with Crippen LogP contribution in [-0.2, 0) is 16.0 Å². The van der Waals surface area contributed by atoms with Crippen molar-refractivity contribution in [1.29, 1.82) is 0 Å². The van der Waals surface area contributed by atoms with E-state index >= 15 is 0 Å². The molecule has 1 amide bonds. The summed E-state index contributed by atoms with van der Waals surface area (Å²) in [5.74, 6) is 0. The van der Waals surface area contributed by atoms with Gasteiger partial charge in [0.25, 0.3) is 0 Å². The third-order valence-electron chi connectivity index (χ3n) is 2.30. The van der Waals surface area contributed by atoms with Crippen molar-refractivity contribution in [2.75, 3.05) is 0 Å². The van der Waals surface area contributed by atoms with Gasteiger partial charge in [-0.05, 0) is 5.56 Å². The van der Waals surface area contributed by atoms with E-state index in [-0.39, 0.29) is 6.42 Å². The highest BCUT2D eigenvalue weighted by Gasteiger charge is 2.46. The number of amides is 1. The van der Waals surface area contributed by atoms with E-state index in [1.54, 1.807) is 35.6 Å². The quantitative estimate of drug-likeness (QED) is 0.473. The normalized spacial score (nSPS) is 13.4. The fraction of sp³-hybridized carbons (Fsp3) is 0.182. The van der Waals surface area contributed by atoms with Crippen molar-refractivity contribution in [3.63, 3.8) is 0 Å². The molecule has 7 heteroatoms. The Morgan fingerprint density at radius 1 is 1.28 bits per heavy atom. The number of benzene rings is 1. The van der Waals surface area contributed by atoms with Crippen LogP contribution in [0.3, 0.4) is 0 Å². The van der Waals surface area contributed by atoms with Crippen LogP contribution in [-0.4, -0.2) is 26.6 Å². The highest BCUT2D eigenvalue weighted by molar-refractivity contribution is 14.1. The molecule has 0 fully saturated rings. The second-order valence-corrected chi connectivity index (χ2v) is 4.53. The van der Waals surface area contributed by atoms with Gasteiger partial charge in [0, 0.05) is 29.0 Å². The van der Waals surface area contributed by atoms with E-state index in [1.165, 1.54) is 22.6 Å². The number of carbonyl (C=O) groups is 3. The first-order chi connectivity index (χ1) is 8.38. The number of nitrogens with one attached hydrogen (secondary N) is 1. The van der Waals surface area contributed by atoms with Gasteiger partial charge in [0.05, 0.1) is 0 Å². The molecular formula is C11H9FINO4. The minimum Gasteiger partial charge on any atom is -0.465 e. The van der Waals surface area contributed by atoms with Crippen LogP contribution < -0.4 is 5.32 Å². The molecule has 96 valence electrons. The van der Waals surface area contributed by atoms with Crippen LogP contribution >= 0.6 is 22.6 Å². The molecule has 1 aromatic carbocycles. The van der Waals surface area contributed by atoms with Crippen molar-refractivity contribution < 1.29 is 23.9 Å². The van der Waals surface area contributed by atoms with Gasteiger partial charge < -0.3 is 5.11 Å². The third-order valence-corrected chi connectivity index (χ3v) is 3.22. The Balaban J connectivity index is 3.14. The third kappa shape index (κ3) is 3.25. The second-order valence-electron chi connectivity index (χ2n) is 3.55. The van der Waals surface area contributed by atoms with E-state index in [1.807, 2.05) is 0 Å². The maximum atomic E-state index is 13.1. The van der Waals surface area contributed by atoms with Crippen molar-refractivity contribution in [3.8, 4) is 0 Å². The molecule has 0 aliphatic heterocycles. The molecule has 0 bridgehead atoms. The number of rotatable bonds is 5. The number of halogens is 2. The molecule has 0 saturated carbocycles. The lowest BCUT2D eigenvalue weighted by Gasteiger charge is -2.24. The molecule has 0 spiro atoms. The van der Waals surface area contributed by atoms with Crippen molar-refractivity contribution in [1.82, 2.24) is 5.32 Å². The topological polar surface area (TPSA) is 83.5 Å². The molecule has 1 rings (SSSR count). The highest BCUT2D eigenvalue weighted by atomic mass is 127. The number of carbonyl (C=O) groups excluding carboxylic acids is 2. The Labute approximate surface area is 116 Å². The lowest BCUT2D eigenvalue weighted by Crippen LogP contribution is -2.58. The monoisotopic (exact) mass is 365 g/mol. The maximum absolute atomic E-state index is 13.1. The zero-order chi connectivity index (χ0) is 13.8. The molecule has 18 heavy (non-hydrogen) atoms. The van der Waals surface area contributed by atoms with Gasteiger partial charge in [0.15, 0.2) is 0 Å². The zero-order valence-electron chi connectivity index (χ0n) is 9.02. The number of hydrogen-bond donors (Lipinski definition) is 2. The summed E-state index contributed by atoms with van der Waals surface area (Å²) in [6.45, 7) is 0. The number of hydrogen-bond acceptors (Lipinski definition) is 3. The van der Waals surface area contributed by atoms with Crippen LogP contribution in [0.15, 0.2) is 30.3 Å². The first kappa shape index (κ1) is 14.6. The average Bonchev–Trinajstić information content (AvgIpc) is 2.28. The van der Waals surface area contributed by atoms with Crippen LogP contribution in [0, 0.1) is 0 Å². The first-order valence-corrected chi connectivity index (χ1v) is 5.91. The van der Waals surface area contributed by atoms with Crippen LogP contribution in [0.4, 0.5) is 9.18 Å². The average molecular weight is 365 g/mol. The van der Waals surface area contributed by atoms with Gasteiger partial charge in [0.2, 0.25) is 9.33 Å². The molecule has 0 aromatic heterocycles. The lowest BCUT2D eigenvalue weighted by molar-refractivity contribution is -0.139. The summed E-state index contributed by atoms with van der Waals surface area (Å²) in [5, 5.41) is 10.3. The second kappa shape index (κ2) is 5.89. The van der Waals surface area contributed by atoms with Crippen LogP contribution in [0.5, 0.6) is 0 Å². The van der Waals surface area contributed by atoms with Gasteiger partial charge in [-0.2, -0.15) is 4.39 Å².